The molecule has 1 aliphatic rings. The fraction of sp³-hybridized carbons (Fsp3) is 0.444. The molecular formula is C18H24N4OS. The van der Waals surface area contributed by atoms with Gasteiger partial charge in [-0.25, -0.2) is 0 Å². The molecule has 1 saturated heterocycles. The molecule has 0 spiro atoms. The van der Waals surface area contributed by atoms with E-state index in [4.69, 9.17) is 12.2 Å². The van der Waals surface area contributed by atoms with Crippen LogP contribution in [-0.4, -0.2) is 37.8 Å². The molecule has 128 valence electrons. The van der Waals surface area contributed by atoms with Crippen LogP contribution in [0.3, 0.4) is 0 Å². The van der Waals surface area contributed by atoms with Gasteiger partial charge in [0.25, 0.3) is 0 Å². The molecule has 1 aliphatic heterocycles. The van der Waals surface area contributed by atoms with Crippen molar-refractivity contribution < 1.29 is 5.11 Å². The number of hydrogen-bond acceptors (Lipinski definition) is 3. The van der Waals surface area contributed by atoms with Crippen molar-refractivity contribution in [1.82, 2.24) is 19.8 Å². The number of nitrogens with zero attached hydrogens (tertiary/aromatic N) is 3. The van der Waals surface area contributed by atoms with Crippen molar-refractivity contribution in [3.8, 4) is 0 Å². The lowest BCUT2D eigenvalue weighted by Crippen LogP contribution is -2.32. The molecule has 0 aromatic carbocycles. The van der Waals surface area contributed by atoms with Gasteiger partial charge in [0.05, 0.1) is 17.8 Å². The van der Waals surface area contributed by atoms with Crippen LogP contribution in [0.5, 0.6) is 0 Å². The maximum Gasteiger partial charge on any atom is 0.170 e. The van der Waals surface area contributed by atoms with Crippen LogP contribution >= 0.6 is 12.2 Å². The van der Waals surface area contributed by atoms with E-state index in [9.17, 15) is 5.11 Å². The van der Waals surface area contributed by atoms with Gasteiger partial charge < -0.3 is 19.9 Å². The zero-order chi connectivity index (χ0) is 17.1. The van der Waals surface area contributed by atoms with Crippen LogP contribution in [0.1, 0.15) is 49.8 Å². The summed E-state index contributed by atoms with van der Waals surface area (Å²) in [6.45, 7) is 5.24. The topological polar surface area (TPSA) is 53.3 Å². The predicted molar refractivity (Wildman–Crippen MR) is 98.7 cm³/mol. The molecule has 2 N–H and O–H groups in total. The van der Waals surface area contributed by atoms with Crippen molar-refractivity contribution >= 4 is 17.3 Å². The Bertz CT molecular complexity index is 685. The Kier molecular flexibility index (Phi) is 5.16. The molecule has 0 aliphatic carbocycles. The molecule has 0 saturated carbocycles. The number of aromatic nitrogens is 2. The van der Waals surface area contributed by atoms with Gasteiger partial charge in [-0.3, -0.25) is 4.98 Å². The molecule has 5 nitrogen and oxygen atoms in total. The van der Waals surface area contributed by atoms with Crippen molar-refractivity contribution in [3.05, 3.63) is 54.1 Å². The second-order valence-corrected chi connectivity index (χ2v) is 6.72. The third kappa shape index (κ3) is 3.16. The van der Waals surface area contributed by atoms with Crippen LogP contribution in [0.2, 0.25) is 0 Å². The predicted octanol–water partition coefficient (Wildman–Crippen LogP) is 2.82. The van der Waals surface area contributed by atoms with Crippen molar-refractivity contribution in [2.24, 2.45) is 0 Å². The SMILES string of the molecule is CC(C)n1cccc1[C@@H]1[C@@H](c2ccccn2)NC(=S)N1CCCO. The molecule has 2 aromatic heterocycles. The van der Waals surface area contributed by atoms with Gasteiger partial charge in [0.2, 0.25) is 0 Å². The first-order valence-corrected chi connectivity index (χ1v) is 8.80. The number of rotatable bonds is 6. The summed E-state index contributed by atoms with van der Waals surface area (Å²) < 4.78 is 2.28. The van der Waals surface area contributed by atoms with E-state index in [1.54, 1.807) is 0 Å². The van der Waals surface area contributed by atoms with Gasteiger partial charge >= 0.3 is 0 Å². The smallest absolute Gasteiger partial charge is 0.170 e. The van der Waals surface area contributed by atoms with E-state index in [1.165, 1.54) is 5.69 Å². The lowest BCUT2D eigenvalue weighted by atomic mass is 10.0. The molecule has 0 radical (unpaired) electrons. The molecule has 3 heterocycles. The Labute approximate surface area is 148 Å². The van der Waals surface area contributed by atoms with Crippen molar-refractivity contribution in [2.75, 3.05) is 13.2 Å². The summed E-state index contributed by atoms with van der Waals surface area (Å²) in [6, 6.07) is 10.6. The van der Waals surface area contributed by atoms with Crippen LogP contribution in [-0.2, 0) is 0 Å². The number of pyridine rings is 1. The van der Waals surface area contributed by atoms with Gasteiger partial charge in [0.1, 0.15) is 0 Å². The van der Waals surface area contributed by atoms with E-state index in [1.807, 2.05) is 24.4 Å². The molecule has 2 aromatic rings. The highest BCUT2D eigenvalue weighted by Crippen LogP contribution is 2.39. The number of hydrogen-bond donors (Lipinski definition) is 2. The highest BCUT2D eigenvalue weighted by atomic mass is 32.1. The summed E-state index contributed by atoms with van der Waals surface area (Å²) >= 11 is 5.59. The van der Waals surface area contributed by atoms with E-state index < -0.39 is 0 Å². The Morgan fingerprint density at radius 2 is 2.12 bits per heavy atom. The van der Waals surface area contributed by atoms with Crippen LogP contribution in [0.15, 0.2) is 42.7 Å². The summed E-state index contributed by atoms with van der Waals surface area (Å²) in [7, 11) is 0. The van der Waals surface area contributed by atoms with E-state index in [0.29, 0.717) is 12.5 Å². The zero-order valence-corrected chi connectivity index (χ0v) is 14.9. The summed E-state index contributed by atoms with van der Waals surface area (Å²) in [6.07, 6.45) is 4.62. The van der Waals surface area contributed by atoms with E-state index >= 15 is 0 Å². The van der Waals surface area contributed by atoms with Crippen molar-refractivity contribution in [1.29, 1.82) is 0 Å². The van der Waals surface area contributed by atoms with Gasteiger partial charge in [-0.15, -0.1) is 0 Å². The van der Waals surface area contributed by atoms with E-state index in [0.717, 1.165) is 17.4 Å². The van der Waals surface area contributed by atoms with Crippen molar-refractivity contribution in [3.63, 3.8) is 0 Å². The summed E-state index contributed by atoms with van der Waals surface area (Å²) in [5.74, 6) is 0. The van der Waals surface area contributed by atoms with Crippen LogP contribution in [0, 0.1) is 0 Å². The first-order valence-electron chi connectivity index (χ1n) is 8.39. The fourth-order valence-corrected chi connectivity index (χ4v) is 3.67. The van der Waals surface area contributed by atoms with Gasteiger partial charge in [0, 0.05) is 37.3 Å². The fourth-order valence-electron chi connectivity index (χ4n) is 3.34. The number of thiocarbonyl (C=S) groups is 1. The van der Waals surface area contributed by atoms with Gasteiger partial charge in [0.15, 0.2) is 5.11 Å². The molecule has 6 heteroatoms. The highest BCUT2D eigenvalue weighted by Gasteiger charge is 2.40. The van der Waals surface area contributed by atoms with Crippen LogP contribution < -0.4 is 5.32 Å². The normalized spacial score (nSPS) is 20.7. The minimum atomic E-state index is 0.00444. The summed E-state index contributed by atoms with van der Waals surface area (Å²) in [5.41, 5.74) is 2.19. The van der Waals surface area contributed by atoms with Gasteiger partial charge in [-0.1, -0.05) is 6.07 Å². The monoisotopic (exact) mass is 344 g/mol. The number of aliphatic hydroxyl groups excluding tert-OH is 1. The molecule has 2 atom stereocenters. The maximum atomic E-state index is 9.25. The average molecular weight is 344 g/mol. The summed E-state index contributed by atoms with van der Waals surface area (Å²) in [4.78, 5) is 6.72. The zero-order valence-electron chi connectivity index (χ0n) is 14.1. The Balaban J connectivity index is 2.02. The molecular weight excluding hydrogens is 320 g/mol. The molecule has 24 heavy (non-hydrogen) atoms. The third-order valence-electron chi connectivity index (χ3n) is 4.43. The van der Waals surface area contributed by atoms with Crippen molar-refractivity contribution in [2.45, 2.75) is 38.4 Å². The first-order chi connectivity index (χ1) is 11.6. The lowest BCUT2D eigenvalue weighted by Gasteiger charge is -2.29. The third-order valence-corrected chi connectivity index (χ3v) is 4.78. The first kappa shape index (κ1) is 16.9. The Hall–Kier alpha value is -1.92. The number of aliphatic hydroxyl groups is 1. The molecule has 1 fully saturated rings. The second kappa shape index (κ2) is 7.32. The quantitative estimate of drug-likeness (QED) is 0.789. The number of nitrogens with one attached hydrogen (secondary N) is 1. The standard InChI is InChI=1S/C18H24N4OS/c1-13(2)21-10-5-8-15(21)17-16(14-7-3-4-9-19-14)20-18(24)22(17)11-6-12-23/h3-5,7-10,13,16-17,23H,6,11-12H2,1-2H3,(H,20,24)/t16-,17-/m1/s1. The second-order valence-electron chi connectivity index (χ2n) is 6.33. The molecule has 0 unspecified atom stereocenters. The minimum absolute atomic E-state index is 0.00444. The van der Waals surface area contributed by atoms with Gasteiger partial charge in [-0.2, -0.15) is 0 Å². The highest BCUT2D eigenvalue weighted by molar-refractivity contribution is 7.80. The largest absolute Gasteiger partial charge is 0.396 e. The molecule has 3 rings (SSSR count). The van der Waals surface area contributed by atoms with Crippen LogP contribution in [0.25, 0.3) is 0 Å². The Morgan fingerprint density at radius 3 is 2.79 bits per heavy atom. The average Bonchev–Trinajstić information content (AvgIpc) is 3.18. The summed E-state index contributed by atoms with van der Waals surface area (Å²) in [5, 5.41) is 13.4. The Morgan fingerprint density at radius 1 is 1.29 bits per heavy atom. The lowest BCUT2D eigenvalue weighted by molar-refractivity contribution is 0.242. The van der Waals surface area contributed by atoms with E-state index in [-0.39, 0.29) is 18.7 Å². The maximum absolute atomic E-state index is 9.25. The minimum Gasteiger partial charge on any atom is -0.396 e. The molecule has 0 amide bonds. The molecule has 0 bridgehead atoms. The van der Waals surface area contributed by atoms with Crippen LogP contribution in [0.4, 0.5) is 0 Å². The van der Waals surface area contributed by atoms with E-state index in [2.05, 4.69) is 51.9 Å². The van der Waals surface area contributed by atoms with Gasteiger partial charge in [-0.05, 0) is 56.8 Å².